The molecule has 0 radical (unpaired) electrons. The summed E-state index contributed by atoms with van der Waals surface area (Å²) in [7, 11) is 0. The van der Waals surface area contributed by atoms with Gasteiger partial charge in [0.25, 0.3) is 5.56 Å². The van der Waals surface area contributed by atoms with E-state index >= 15 is 0 Å². The molecule has 7 nitrogen and oxygen atoms in total. The van der Waals surface area contributed by atoms with Crippen LogP contribution in [0.1, 0.15) is 31.2 Å². The van der Waals surface area contributed by atoms with Gasteiger partial charge in [0.2, 0.25) is 0 Å². The summed E-state index contributed by atoms with van der Waals surface area (Å²) in [6.07, 6.45) is 3.33. The standard InChI is InChI=1S/C24H21BrN2O5S/c1-4-12-31-16-8-6-15(7-9-16)21-20(23(29)30-5-2)14(3)26-24-27(21)22(28)18(33-24)13-17-10-11-19(25)32-17/h4,6-11,13,21H,1,5,12H2,2-3H3/t21-/m0/s1. The molecule has 9 heteroatoms. The Bertz CT molecular complexity index is 1410. The van der Waals surface area contributed by atoms with Crippen molar-refractivity contribution in [2.45, 2.75) is 19.9 Å². The molecule has 33 heavy (non-hydrogen) atoms. The predicted molar refractivity (Wildman–Crippen MR) is 129 cm³/mol. The number of thiazole rings is 1. The zero-order chi connectivity index (χ0) is 23.5. The molecule has 1 aliphatic heterocycles. The molecule has 0 saturated carbocycles. The first kappa shape index (κ1) is 23.0. The summed E-state index contributed by atoms with van der Waals surface area (Å²) in [6, 6.07) is 10.1. The third-order valence-corrected chi connectivity index (χ3v) is 6.36. The van der Waals surface area contributed by atoms with Crippen LogP contribution in [0.2, 0.25) is 0 Å². The average Bonchev–Trinajstić information content (AvgIpc) is 3.34. The van der Waals surface area contributed by atoms with Gasteiger partial charge in [-0.2, -0.15) is 0 Å². The summed E-state index contributed by atoms with van der Waals surface area (Å²) in [5, 5.41) is 0. The smallest absolute Gasteiger partial charge is 0.338 e. The summed E-state index contributed by atoms with van der Waals surface area (Å²) < 4.78 is 19.0. The van der Waals surface area contributed by atoms with Crippen molar-refractivity contribution >= 4 is 39.3 Å². The molecular formula is C24H21BrN2O5S. The quantitative estimate of drug-likeness (QED) is 0.344. The molecule has 0 N–H and O–H groups in total. The Hall–Kier alpha value is -3.17. The number of halogens is 1. The molecular weight excluding hydrogens is 508 g/mol. The number of hydrogen-bond donors (Lipinski definition) is 0. The highest BCUT2D eigenvalue weighted by molar-refractivity contribution is 9.10. The Morgan fingerprint density at radius 2 is 2.06 bits per heavy atom. The first-order valence-corrected chi connectivity index (χ1v) is 11.8. The third kappa shape index (κ3) is 4.65. The minimum atomic E-state index is -0.681. The van der Waals surface area contributed by atoms with Crippen molar-refractivity contribution in [3.05, 3.63) is 96.0 Å². The van der Waals surface area contributed by atoms with E-state index in [2.05, 4.69) is 27.5 Å². The van der Waals surface area contributed by atoms with Gasteiger partial charge in [-0.1, -0.05) is 36.1 Å². The van der Waals surface area contributed by atoms with Crippen LogP contribution in [-0.4, -0.2) is 23.8 Å². The molecule has 4 rings (SSSR count). The number of hydrogen-bond acceptors (Lipinski definition) is 7. The monoisotopic (exact) mass is 528 g/mol. The first-order chi connectivity index (χ1) is 15.9. The van der Waals surface area contributed by atoms with Crippen molar-refractivity contribution < 1.29 is 18.7 Å². The van der Waals surface area contributed by atoms with Crippen molar-refractivity contribution in [3.63, 3.8) is 0 Å². The van der Waals surface area contributed by atoms with Crippen LogP contribution in [0.5, 0.6) is 5.75 Å². The largest absolute Gasteiger partial charge is 0.490 e. The SMILES string of the molecule is C=CCOc1ccc([C@H]2C(C(=O)OCC)=C(C)N=c3sc(=Cc4ccc(Br)o4)c(=O)n32)cc1. The maximum absolute atomic E-state index is 13.5. The Labute approximate surface area is 202 Å². The molecule has 0 amide bonds. The number of rotatable bonds is 7. The number of esters is 1. The second-order valence-electron chi connectivity index (χ2n) is 7.11. The molecule has 0 saturated heterocycles. The number of carbonyl (C=O) groups is 1. The summed E-state index contributed by atoms with van der Waals surface area (Å²) in [5.74, 6) is 0.696. The first-order valence-electron chi connectivity index (χ1n) is 10.2. The van der Waals surface area contributed by atoms with E-state index in [0.29, 0.717) is 43.4 Å². The summed E-state index contributed by atoms with van der Waals surface area (Å²) in [6.45, 7) is 7.74. The molecule has 0 aliphatic carbocycles. The Morgan fingerprint density at radius 3 is 2.70 bits per heavy atom. The minimum Gasteiger partial charge on any atom is -0.490 e. The number of carbonyl (C=O) groups excluding carboxylic acids is 1. The second kappa shape index (κ2) is 9.76. The lowest BCUT2D eigenvalue weighted by molar-refractivity contribution is -0.139. The van der Waals surface area contributed by atoms with Crippen LogP contribution in [-0.2, 0) is 9.53 Å². The van der Waals surface area contributed by atoms with Gasteiger partial charge in [-0.15, -0.1) is 0 Å². The molecule has 2 aromatic heterocycles. The topological polar surface area (TPSA) is 83.0 Å². The van der Waals surface area contributed by atoms with Crippen molar-refractivity contribution in [1.29, 1.82) is 0 Å². The fourth-order valence-corrected chi connectivity index (χ4v) is 4.89. The van der Waals surface area contributed by atoms with Gasteiger partial charge in [-0.05, 0) is 59.6 Å². The maximum Gasteiger partial charge on any atom is 0.338 e. The molecule has 0 fully saturated rings. The summed E-state index contributed by atoms with van der Waals surface area (Å²) in [5.41, 5.74) is 1.32. The number of nitrogens with zero attached hydrogens (tertiary/aromatic N) is 2. The molecule has 170 valence electrons. The van der Waals surface area contributed by atoms with Crippen molar-refractivity contribution in [1.82, 2.24) is 4.57 Å². The van der Waals surface area contributed by atoms with Gasteiger partial charge in [0.1, 0.15) is 18.1 Å². The summed E-state index contributed by atoms with van der Waals surface area (Å²) >= 11 is 4.51. The molecule has 1 aliphatic rings. The molecule has 0 unspecified atom stereocenters. The van der Waals surface area contributed by atoms with E-state index in [9.17, 15) is 9.59 Å². The normalized spacial score (nSPS) is 15.7. The van der Waals surface area contributed by atoms with E-state index < -0.39 is 12.0 Å². The van der Waals surface area contributed by atoms with Crippen LogP contribution >= 0.6 is 27.3 Å². The lowest BCUT2D eigenvalue weighted by Crippen LogP contribution is -2.39. The second-order valence-corrected chi connectivity index (χ2v) is 8.90. The minimum absolute atomic E-state index is 0.217. The molecule has 1 aromatic carbocycles. The van der Waals surface area contributed by atoms with Crippen LogP contribution in [0.25, 0.3) is 6.08 Å². The van der Waals surface area contributed by atoms with E-state index in [1.807, 2.05) is 12.1 Å². The van der Waals surface area contributed by atoms with Gasteiger partial charge in [-0.25, -0.2) is 9.79 Å². The predicted octanol–water partition coefficient (Wildman–Crippen LogP) is 3.72. The zero-order valence-corrected chi connectivity index (χ0v) is 20.4. The van der Waals surface area contributed by atoms with E-state index in [1.165, 1.54) is 15.9 Å². The van der Waals surface area contributed by atoms with Crippen molar-refractivity contribution in [2.24, 2.45) is 4.99 Å². The molecule has 1 atom stereocenters. The van der Waals surface area contributed by atoms with Crippen LogP contribution in [0.4, 0.5) is 0 Å². The Balaban J connectivity index is 1.88. The average molecular weight is 529 g/mol. The van der Waals surface area contributed by atoms with E-state index in [0.717, 1.165) is 5.56 Å². The number of aromatic nitrogens is 1. The Morgan fingerprint density at radius 1 is 1.30 bits per heavy atom. The number of allylic oxidation sites excluding steroid dienone is 1. The molecule has 0 bridgehead atoms. The fraction of sp³-hybridized carbons (Fsp3) is 0.208. The molecule has 0 spiro atoms. The number of ether oxygens (including phenoxy) is 2. The van der Waals surface area contributed by atoms with Gasteiger partial charge >= 0.3 is 5.97 Å². The molecule has 3 aromatic rings. The van der Waals surface area contributed by atoms with Crippen LogP contribution in [0.15, 0.2) is 79.2 Å². The number of furan rings is 1. The van der Waals surface area contributed by atoms with Crippen molar-refractivity contribution in [3.8, 4) is 5.75 Å². The van der Waals surface area contributed by atoms with E-state index in [1.54, 1.807) is 50.3 Å². The van der Waals surface area contributed by atoms with Crippen LogP contribution in [0.3, 0.4) is 0 Å². The Kier molecular flexibility index (Phi) is 6.80. The third-order valence-electron chi connectivity index (χ3n) is 4.95. The van der Waals surface area contributed by atoms with Gasteiger partial charge < -0.3 is 13.9 Å². The van der Waals surface area contributed by atoms with E-state index in [4.69, 9.17) is 13.9 Å². The fourth-order valence-electron chi connectivity index (χ4n) is 3.54. The van der Waals surface area contributed by atoms with Gasteiger partial charge in [-0.3, -0.25) is 9.36 Å². The molecule has 3 heterocycles. The van der Waals surface area contributed by atoms with Crippen LogP contribution < -0.4 is 19.6 Å². The van der Waals surface area contributed by atoms with Crippen molar-refractivity contribution in [2.75, 3.05) is 13.2 Å². The number of fused-ring (bicyclic) bond motifs is 1. The lowest BCUT2D eigenvalue weighted by Gasteiger charge is -2.24. The highest BCUT2D eigenvalue weighted by atomic mass is 79.9. The van der Waals surface area contributed by atoms with Crippen LogP contribution in [0, 0.1) is 0 Å². The van der Waals surface area contributed by atoms with E-state index in [-0.39, 0.29) is 12.2 Å². The van der Waals surface area contributed by atoms with Gasteiger partial charge in [0.15, 0.2) is 9.47 Å². The highest BCUT2D eigenvalue weighted by Gasteiger charge is 2.33. The van der Waals surface area contributed by atoms with Gasteiger partial charge in [0, 0.05) is 6.08 Å². The van der Waals surface area contributed by atoms with Gasteiger partial charge in [0.05, 0.1) is 28.5 Å². The lowest BCUT2D eigenvalue weighted by atomic mass is 9.96. The highest BCUT2D eigenvalue weighted by Crippen LogP contribution is 2.31. The number of benzene rings is 1. The maximum atomic E-state index is 13.5. The zero-order valence-electron chi connectivity index (χ0n) is 18.0. The summed E-state index contributed by atoms with van der Waals surface area (Å²) in [4.78, 5) is 31.4.